The summed E-state index contributed by atoms with van der Waals surface area (Å²) in [5, 5.41) is -0.432. The van der Waals surface area contributed by atoms with Gasteiger partial charge < -0.3 is 0 Å². The molecule has 0 aromatic heterocycles. The fraction of sp³-hybridized carbons (Fsp3) is 0.632. The Balaban J connectivity index is 1.95. The number of rotatable bonds is 6. The average molecular weight is 408 g/mol. The maximum Gasteiger partial charge on any atom is 0.419 e. The SMILES string of the molecule is CC(C)S(=O)(=O)CC1CCC(C(=O)Cc2ccc(F)c(C(F)(F)F)c2)CC1. The number of carbonyl (C=O) groups excluding carboxylic acids is 1. The molecule has 2 rings (SSSR count). The first-order valence-electron chi connectivity index (χ1n) is 9.00. The molecule has 0 saturated heterocycles. The van der Waals surface area contributed by atoms with Gasteiger partial charge in [0.1, 0.15) is 11.6 Å². The maximum atomic E-state index is 13.3. The van der Waals surface area contributed by atoms with Crippen molar-refractivity contribution in [3.63, 3.8) is 0 Å². The van der Waals surface area contributed by atoms with Gasteiger partial charge in [0.25, 0.3) is 0 Å². The van der Waals surface area contributed by atoms with Gasteiger partial charge in [0.2, 0.25) is 0 Å². The minimum atomic E-state index is -4.80. The zero-order valence-electron chi connectivity index (χ0n) is 15.4. The highest BCUT2D eigenvalue weighted by Crippen LogP contribution is 2.34. The molecule has 152 valence electrons. The molecule has 1 aliphatic rings. The molecule has 1 aliphatic carbocycles. The predicted molar refractivity (Wildman–Crippen MR) is 94.5 cm³/mol. The Morgan fingerprint density at radius 2 is 1.74 bits per heavy atom. The van der Waals surface area contributed by atoms with Crippen LogP contribution in [-0.2, 0) is 27.2 Å². The van der Waals surface area contributed by atoms with Crippen molar-refractivity contribution in [2.45, 2.75) is 57.4 Å². The molecule has 0 radical (unpaired) electrons. The number of carbonyl (C=O) groups is 1. The fourth-order valence-corrected chi connectivity index (χ4v) is 4.79. The van der Waals surface area contributed by atoms with Crippen molar-refractivity contribution in [1.82, 2.24) is 0 Å². The average Bonchev–Trinajstić information content (AvgIpc) is 2.55. The molecule has 1 aromatic rings. The van der Waals surface area contributed by atoms with E-state index in [4.69, 9.17) is 0 Å². The smallest absolute Gasteiger partial charge is 0.299 e. The van der Waals surface area contributed by atoms with Crippen LogP contribution in [0.3, 0.4) is 0 Å². The number of Topliss-reactive ketones (excluding diaryl/α,β-unsaturated/α-hetero) is 1. The van der Waals surface area contributed by atoms with Crippen LogP contribution in [0, 0.1) is 17.7 Å². The van der Waals surface area contributed by atoms with Gasteiger partial charge in [0.05, 0.1) is 16.6 Å². The quantitative estimate of drug-likeness (QED) is 0.647. The minimum absolute atomic E-state index is 0.0177. The molecule has 0 aliphatic heterocycles. The summed E-state index contributed by atoms with van der Waals surface area (Å²) in [6, 6.07) is 2.62. The summed E-state index contributed by atoms with van der Waals surface area (Å²) in [6.45, 7) is 3.28. The zero-order valence-corrected chi connectivity index (χ0v) is 16.2. The molecule has 0 atom stereocenters. The maximum absolute atomic E-state index is 13.3. The Hall–Kier alpha value is -1.44. The molecule has 0 heterocycles. The summed E-state index contributed by atoms with van der Waals surface area (Å²) in [5.41, 5.74) is -1.23. The van der Waals surface area contributed by atoms with Crippen molar-refractivity contribution in [2.75, 3.05) is 5.75 Å². The summed E-state index contributed by atoms with van der Waals surface area (Å²) < 4.78 is 75.7. The monoisotopic (exact) mass is 408 g/mol. The Morgan fingerprint density at radius 3 is 2.26 bits per heavy atom. The number of hydrogen-bond acceptors (Lipinski definition) is 3. The molecule has 0 N–H and O–H groups in total. The number of sulfone groups is 1. The Bertz CT molecular complexity index is 777. The minimum Gasteiger partial charge on any atom is -0.299 e. The van der Waals surface area contributed by atoms with Crippen LogP contribution in [0.2, 0.25) is 0 Å². The largest absolute Gasteiger partial charge is 0.419 e. The summed E-state index contributed by atoms with van der Waals surface area (Å²) in [7, 11) is -3.13. The second kappa shape index (κ2) is 8.29. The van der Waals surface area contributed by atoms with Gasteiger partial charge in [-0.25, -0.2) is 12.8 Å². The van der Waals surface area contributed by atoms with Crippen molar-refractivity contribution in [3.8, 4) is 0 Å². The molecule has 1 aromatic carbocycles. The van der Waals surface area contributed by atoms with Crippen LogP contribution < -0.4 is 0 Å². The molecule has 0 unspecified atom stereocenters. The van der Waals surface area contributed by atoms with Gasteiger partial charge in [-0.3, -0.25) is 4.79 Å². The van der Waals surface area contributed by atoms with Gasteiger partial charge >= 0.3 is 6.18 Å². The number of alkyl halides is 3. The van der Waals surface area contributed by atoms with E-state index in [-0.39, 0.29) is 35.4 Å². The lowest BCUT2D eigenvalue weighted by Crippen LogP contribution is -2.29. The number of ketones is 1. The normalized spacial score (nSPS) is 21.4. The van der Waals surface area contributed by atoms with Crippen LogP contribution in [0.5, 0.6) is 0 Å². The Kier molecular flexibility index (Phi) is 6.71. The van der Waals surface area contributed by atoms with Crippen LogP contribution in [0.15, 0.2) is 18.2 Å². The second-order valence-electron chi connectivity index (χ2n) is 7.55. The molecular formula is C19H24F4O3S. The van der Waals surface area contributed by atoms with E-state index in [1.807, 2.05) is 0 Å². The van der Waals surface area contributed by atoms with E-state index in [1.165, 1.54) is 6.07 Å². The molecule has 0 bridgehead atoms. The standard InChI is InChI=1S/C19H24F4O3S/c1-12(2)27(25,26)11-13-3-6-15(7-4-13)18(24)10-14-5-8-17(20)16(9-14)19(21,22)23/h5,8-9,12-13,15H,3-4,6-7,10-11H2,1-2H3. The van der Waals surface area contributed by atoms with Gasteiger partial charge in [-0.15, -0.1) is 0 Å². The first-order chi connectivity index (χ1) is 12.4. The highest BCUT2D eigenvalue weighted by Gasteiger charge is 2.35. The molecule has 27 heavy (non-hydrogen) atoms. The lowest BCUT2D eigenvalue weighted by atomic mass is 9.79. The van der Waals surface area contributed by atoms with Gasteiger partial charge in [-0.05, 0) is 63.1 Å². The van der Waals surface area contributed by atoms with Gasteiger partial charge in [-0.1, -0.05) is 6.07 Å². The third kappa shape index (κ3) is 5.77. The van der Waals surface area contributed by atoms with Crippen LogP contribution in [-0.4, -0.2) is 25.2 Å². The summed E-state index contributed by atoms with van der Waals surface area (Å²) >= 11 is 0. The van der Waals surface area contributed by atoms with E-state index in [2.05, 4.69) is 0 Å². The van der Waals surface area contributed by atoms with Crippen LogP contribution in [0.1, 0.15) is 50.7 Å². The zero-order chi connectivity index (χ0) is 20.4. The third-order valence-electron chi connectivity index (χ3n) is 5.20. The fourth-order valence-electron chi connectivity index (χ4n) is 3.42. The van der Waals surface area contributed by atoms with E-state index in [9.17, 15) is 30.8 Å². The molecule has 3 nitrogen and oxygen atoms in total. The summed E-state index contributed by atoms with van der Waals surface area (Å²) in [5.74, 6) is -1.70. The van der Waals surface area contributed by atoms with E-state index in [0.29, 0.717) is 31.7 Å². The number of benzene rings is 1. The van der Waals surface area contributed by atoms with Gasteiger partial charge in [-0.2, -0.15) is 13.2 Å². The van der Waals surface area contributed by atoms with Crippen molar-refractivity contribution in [2.24, 2.45) is 11.8 Å². The van der Waals surface area contributed by atoms with Crippen LogP contribution >= 0.6 is 0 Å². The van der Waals surface area contributed by atoms with E-state index in [0.717, 1.165) is 6.07 Å². The van der Waals surface area contributed by atoms with E-state index >= 15 is 0 Å². The first kappa shape index (κ1) is 21.9. The van der Waals surface area contributed by atoms with E-state index < -0.39 is 32.6 Å². The lowest BCUT2D eigenvalue weighted by Gasteiger charge is -2.28. The van der Waals surface area contributed by atoms with Gasteiger partial charge in [0.15, 0.2) is 9.84 Å². The molecule has 8 heteroatoms. The Morgan fingerprint density at radius 1 is 1.15 bits per heavy atom. The van der Waals surface area contributed by atoms with Crippen LogP contribution in [0.25, 0.3) is 0 Å². The molecule has 0 amide bonds. The summed E-state index contributed by atoms with van der Waals surface area (Å²) in [4.78, 5) is 12.4. The molecule has 0 spiro atoms. The highest BCUT2D eigenvalue weighted by molar-refractivity contribution is 7.91. The van der Waals surface area contributed by atoms with Gasteiger partial charge in [0, 0.05) is 12.3 Å². The van der Waals surface area contributed by atoms with Crippen LogP contribution in [0.4, 0.5) is 17.6 Å². The summed E-state index contributed by atoms with van der Waals surface area (Å²) in [6.07, 6.45) is -2.69. The highest BCUT2D eigenvalue weighted by atomic mass is 32.2. The predicted octanol–water partition coefficient (Wildman–Crippen LogP) is 4.59. The molecule has 1 fully saturated rings. The van der Waals surface area contributed by atoms with Crippen molar-refractivity contribution in [3.05, 3.63) is 35.1 Å². The van der Waals surface area contributed by atoms with Crippen molar-refractivity contribution >= 4 is 15.6 Å². The first-order valence-corrected chi connectivity index (χ1v) is 10.7. The van der Waals surface area contributed by atoms with Crippen molar-refractivity contribution in [1.29, 1.82) is 0 Å². The van der Waals surface area contributed by atoms with Crippen molar-refractivity contribution < 1.29 is 30.8 Å². The Labute approximate surface area is 157 Å². The van der Waals surface area contributed by atoms with E-state index in [1.54, 1.807) is 13.8 Å². The third-order valence-corrected chi connectivity index (χ3v) is 7.58. The lowest BCUT2D eigenvalue weighted by molar-refractivity contribution is -0.140. The molecular weight excluding hydrogens is 384 g/mol. The number of hydrogen-bond donors (Lipinski definition) is 0. The molecule has 1 saturated carbocycles. The topological polar surface area (TPSA) is 51.2 Å². The number of halogens is 4. The second-order valence-corrected chi connectivity index (χ2v) is 10.2.